The van der Waals surface area contributed by atoms with E-state index >= 15 is 0 Å². The maximum absolute atomic E-state index is 13.7. The smallest absolute Gasteiger partial charge is 0.343 e. The Labute approximate surface area is 238 Å². The fourth-order valence-corrected chi connectivity index (χ4v) is 5.23. The molecule has 4 aromatic carbocycles. The molecule has 5 rings (SSSR count). The summed E-state index contributed by atoms with van der Waals surface area (Å²) in [5.74, 6) is 0.0903. The largest absolute Gasteiger partial charge is 0.493 e. The highest BCUT2D eigenvalue weighted by molar-refractivity contribution is 5.91. The SMILES string of the molecule is COc1ccc(CN2CCN(C(c3ccc(F)cc3)c3ccc(F)cc3)CC2)c(OC(=O)c2ccccc2)c1OC. The number of benzene rings is 4. The quantitative estimate of drug-likeness (QED) is 0.183. The van der Waals surface area contributed by atoms with Crippen LogP contribution in [0.3, 0.4) is 0 Å². The van der Waals surface area contributed by atoms with Crippen molar-refractivity contribution in [1.82, 2.24) is 9.80 Å². The van der Waals surface area contributed by atoms with Crippen molar-refractivity contribution in [3.05, 3.63) is 125 Å². The highest BCUT2D eigenvalue weighted by atomic mass is 19.1. The zero-order valence-electron chi connectivity index (χ0n) is 23.1. The van der Waals surface area contributed by atoms with E-state index in [1.165, 1.54) is 38.5 Å². The Morgan fingerprint density at radius 2 is 1.32 bits per heavy atom. The molecule has 0 radical (unpaired) electrons. The van der Waals surface area contributed by atoms with E-state index in [-0.39, 0.29) is 17.7 Å². The van der Waals surface area contributed by atoms with E-state index in [0.717, 1.165) is 42.9 Å². The molecule has 212 valence electrons. The van der Waals surface area contributed by atoms with E-state index < -0.39 is 5.97 Å². The molecular weight excluding hydrogens is 526 g/mol. The first-order valence-electron chi connectivity index (χ1n) is 13.4. The number of esters is 1. The lowest BCUT2D eigenvalue weighted by Gasteiger charge is -2.40. The lowest BCUT2D eigenvalue weighted by molar-refractivity contribution is 0.0721. The monoisotopic (exact) mass is 558 g/mol. The third-order valence-corrected chi connectivity index (χ3v) is 7.32. The number of hydrogen-bond donors (Lipinski definition) is 0. The summed E-state index contributed by atoms with van der Waals surface area (Å²) in [7, 11) is 3.06. The van der Waals surface area contributed by atoms with E-state index in [1.807, 2.05) is 18.2 Å². The highest BCUT2D eigenvalue weighted by Crippen LogP contribution is 2.41. The van der Waals surface area contributed by atoms with Crippen molar-refractivity contribution in [3.63, 3.8) is 0 Å². The van der Waals surface area contributed by atoms with Gasteiger partial charge in [-0.25, -0.2) is 13.6 Å². The van der Waals surface area contributed by atoms with Crippen LogP contribution in [0.25, 0.3) is 0 Å². The molecule has 0 aliphatic carbocycles. The molecule has 1 fully saturated rings. The molecule has 1 aliphatic heterocycles. The fraction of sp³-hybridized carbons (Fsp3) is 0.242. The minimum Gasteiger partial charge on any atom is -0.493 e. The van der Waals surface area contributed by atoms with Gasteiger partial charge in [-0.1, -0.05) is 48.5 Å². The van der Waals surface area contributed by atoms with Gasteiger partial charge in [0, 0.05) is 38.3 Å². The van der Waals surface area contributed by atoms with Crippen LogP contribution < -0.4 is 14.2 Å². The first-order chi connectivity index (χ1) is 20.0. The van der Waals surface area contributed by atoms with Crippen LogP contribution in [0, 0.1) is 11.6 Å². The Morgan fingerprint density at radius 3 is 1.85 bits per heavy atom. The Bertz CT molecular complexity index is 1410. The molecule has 1 heterocycles. The molecule has 1 saturated heterocycles. The predicted octanol–water partition coefficient (Wildman–Crippen LogP) is 6.11. The topological polar surface area (TPSA) is 51.2 Å². The van der Waals surface area contributed by atoms with Crippen molar-refractivity contribution in [2.75, 3.05) is 40.4 Å². The molecular formula is C33H32F2N2O4. The van der Waals surface area contributed by atoms with E-state index in [2.05, 4.69) is 9.80 Å². The number of methoxy groups -OCH3 is 2. The molecule has 0 aromatic heterocycles. The number of ether oxygens (including phenoxy) is 3. The molecule has 0 unspecified atom stereocenters. The third-order valence-electron chi connectivity index (χ3n) is 7.32. The van der Waals surface area contributed by atoms with Gasteiger partial charge in [0.25, 0.3) is 0 Å². The Balaban J connectivity index is 1.35. The first kappa shape index (κ1) is 28.3. The van der Waals surface area contributed by atoms with Crippen molar-refractivity contribution in [1.29, 1.82) is 0 Å². The fourth-order valence-electron chi connectivity index (χ4n) is 5.23. The number of rotatable bonds is 9. The van der Waals surface area contributed by atoms with Crippen LogP contribution in [-0.2, 0) is 6.54 Å². The molecule has 0 saturated carbocycles. The maximum atomic E-state index is 13.7. The van der Waals surface area contributed by atoms with Crippen LogP contribution in [0.2, 0.25) is 0 Å². The number of nitrogens with zero attached hydrogens (tertiary/aromatic N) is 2. The molecule has 0 bridgehead atoms. The van der Waals surface area contributed by atoms with Crippen LogP contribution in [0.15, 0.2) is 91.0 Å². The van der Waals surface area contributed by atoms with Crippen LogP contribution >= 0.6 is 0 Å². The lowest BCUT2D eigenvalue weighted by Crippen LogP contribution is -2.47. The zero-order valence-corrected chi connectivity index (χ0v) is 23.1. The minimum absolute atomic E-state index is 0.137. The number of piperazine rings is 1. The summed E-state index contributed by atoms with van der Waals surface area (Å²) < 4.78 is 44.4. The van der Waals surface area contributed by atoms with Crippen LogP contribution in [0.4, 0.5) is 8.78 Å². The Kier molecular flexibility index (Phi) is 8.91. The van der Waals surface area contributed by atoms with Gasteiger partial charge in [-0.3, -0.25) is 9.80 Å². The van der Waals surface area contributed by atoms with E-state index in [4.69, 9.17) is 14.2 Å². The highest BCUT2D eigenvalue weighted by Gasteiger charge is 2.28. The molecule has 4 aromatic rings. The lowest BCUT2D eigenvalue weighted by atomic mass is 9.96. The number of hydrogen-bond acceptors (Lipinski definition) is 6. The summed E-state index contributed by atoms with van der Waals surface area (Å²) in [6.45, 7) is 3.46. The van der Waals surface area contributed by atoms with Crippen LogP contribution in [-0.4, -0.2) is 56.2 Å². The standard InChI is InChI=1S/C33H32F2N2O4/c1-39-29-17-12-26(31(32(29)40-2)41-33(38)25-6-4-3-5-7-25)22-36-18-20-37(21-19-36)30(23-8-13-27(34)14-9-23)24-10-15-28(35)16-11-24/h3-17,30H,18-22H2,1-2H3. The van der Waals surface area contributed by atoms with E-state index in [0.29, 0.717) is 29.4 Å². The molecule has 0 atom stereocenters. The second-order valence-corrected chi connectivity index (χ2v) is 9.86. The average Bonchev–Trinajstić information content (AvgIpc) is 3.01. The second-order valence-electron chi connectivity index (χ2n) is 9.86. The second kappa shape index (κ2) is 12.9. The van der Waals surface area contributed by atoms with Crippen LogP contribution in [0.5, 0.6) is 17.2 Å². The van der Waals surface area contributed by atoms with Gasteiger partial charge in [0.15, 0.2) is 11.5 Å². The van der Waals surface area contributed by atoms with Crippen molar-refractivity contribution >= 4 is 5.97 Å². The third kappa shape index (κ3) is 6.56. The normalized spacial score (nSPS) is 14.2. The molecule has 41 heavy (non-hydrogen) atoms. The Hall–Kier alpha value is -4.27. The summed E-state index contributed by atoms with van der Waals surface area (Å²) in [5, 5.41) is 0. The van der Waals surface area contributed by atoms with Gasteiger partial charge in [-0.05, 0) is 53.6 Å². The van der Waals surface area contributed by atoms with Crippen molar-refractivity contribution < 1.29 is 27.8 Å². The van der Waals surface area contributed by atoms with Gasteiger partial charge in [-0.15, -0.1) is 0 Å². The van der Waals surface area contributed by atoms with Gasteiger partial charge in [0.05, 0.1) is 25.8 Å². The van der Waals surface area contributed by atoms with Crippen LogP contribution in [0.1, 0.15) is 33.1 Å². The summed E-state index contributed by atoms with van der Waals surface area (Å²) in [6, 6.07) is 25.3. The van der Waals surface area contributed by atoms with Gasteiger partial charge in [0.2, 0.25) is 5.75 Å². The summed E-state index contributed by atoms with van der Waals surface area (Å²) in [4.78, 5) is 17.6. The molecule has 8 heteroatoms. The predicted molar refractivity (Wildman–Crippen MR) is 152 cm³/mol. The van der Waals surface area contributed by atoms with Crippen molar-refractivity contribution in [2.45, 2.75) is 12.6 Å². The molecule has 0 N–H and O–H groups in total. The van der Waals surface area contributed by atoms with E-state index in [9.17, 15) is 13.6 Å². The summed E-state index contributed by atoms with van der Waals surface area (Å²) >= 11 is 0. The van der Waals surface area contributed by atoms with Gasteiger partial charge >= 0.3 is 5.97 Å². The number of carbonyl (C=O) groups is 1. The summed E-state index contributed by atoms with van der Waals surface area (Å²) in [5.41, 5.74) is 3.13. The molecule has 1 aliphatic rings. The molecule has 6 nitrogen and oxygen atoms in total. The van der Waals surface area contributed by atoms with Gasteiger partial charge in [0.1, 0.15) is 11.6 Å². The van der Waals surface area contributed by atoms with Crippen molar-refractivity contribution in [3.8, 4) is 17.2 Å². The molecule has 0 amide bonds. The Morgan fingerprint density at radius 1 is 0.732 bits per heavy atom. The van der Waals surface area contributed by atoms with Gasteiger partial charge < -0.3 is 14.2 Å². The minimum atomic E-state index is -0.482. The zero-order chi connectivity index (χ0) is 28.8. The number of halogens is 2. The summed E-state index contributed by atoms with van der Waals surface area (Å²) in [6.07, 6.45) is 0. The van der Waals surface area contributed by atoms with Gasteiger partial charge in [-0.2, -0.15) is 0 Å². The first-order valence-corrected chi connectivity index (χ1v) is 13.4. The maximum Gasteiger partial charge on any atom is 0.343 e. The molecule has 0 spiro atoms. The van der Waals surface area contributed by atoms with Crippen molar-refractivity contribution in [2.24, 2.45) is 0 Å². The average molecular weight is 559 g/mol. The van der Waals surface area contributed by atoms with E-state index in [1.54, 1.807) is 48.5 Å². The number of carbonyl (C=O) groups excluding carboxylic acids is 1.